The number of rotatable bonds is 2. The smallest absolute Gasteiger partial charge is 0.149 e. The molecular formula is C21H16O2. The Labute approximate surface area is 135 Å². The molecule has 112 valence electrons. The van der Waals surface area contributed by atoms with Gasteiger partial charge >= 0.3 is 0 Å². The van der Waals surface area contributed by atoms with Gasteiger partial charge in [-0.2, -0.15) is 0 Å². The topological polar surface area (TPSA) is 29.5 Å². The minimum absolute atomic E-state index is 0.124. The summed E-state index contributed by atoms with van der Waals surface area (Å²) >= 11 is 0. The van der Waals surface area contributed by atoms with Gasteiger partial charge in [-0.25, -0.2) is 0 Å². The molecular weight excluding hydrogens is 284 g/mol. The lowest BCUT2D eigenvalue weighted by molar-refractivity contribution is 0.206. The number of phenols is 1. The summed E-state index contributed by atoms with van der Waals surface area (Å²) in [6.07, 6.45) is 1.93. The van der Waals surface area contributed by atoms with Gasteiger partial charge in [0.15, 0.2) is 0 Å². The van der Waals surface area contributed by atoms with Gasteiger partial charge in [0.1, 0.15) is 17.6 Å². The van der Waals surface area contributed by atoms with Crippen molar-refractivity contribution in [2.75, 3.05) is 0 Å². The first-order chi connectivity index (χ1) is 11.3. The van der Waals surface area contributed by atoms with E-state index in [9.17, 15) is 5.11 Å². The summed E-state index contributed by atoms with van der Waals surface area (Å²) in [4.78, 5) is 0. The molecule has 0 spiro atoms. The second-order valence-corrected chi connectivity index (χ2v) is 5.59. The third kappa shape index (κ3) is 2.59. The molecule has 1 N–H and O–H groups in total. The Balaban J connectivity index is 1.82. The van der Waals surface area contributed by atoms with Gasteiger partial charge in [0.05, 0.1) is 0 Å². The lowest BCUT2D eigenvalue weighted by Gasteiger charge is -2.27. The largest absolute Gasteiger partial charge is 0.508 e. The third-order valence-corrected chi connectivity index (χ3v) is 4.06. The van der Waals surface area contributed by atoms with Crippen molar-refractivity contribution >= 4 is 11.8 Å². The van der Waals surface area contributed by atoms with Gasteiger partial charge in [-0.15, -0.1) is 0 Å². The van der Waals surface area contributed by atoms with Gasteiger partial charge in [0.25, 0.3) is 0 Å². The standard InChI is InChI=1S/C21H16O2/c22-18-12-10-15(11-13-18)20-14-17-8-4-5-9-19(17)21(23-20)16-6-2-1-3-7-16/h1-14,21-22H/t21-/m0/s1. The highest BCUT2D eigenvalue weighted by molar-refractivity contribution is 5.81. The Kier molecular flexibility index (Phi) is 3.35. The molecule has 0 unspecified atom stereocenters. The molecule has 0 radical (unpaired) electrons. The number of ether oxygens (including phenoxy) is 1. The van der Waals surface area contributed by atoms with E-state index in [4.69, 9.17) is 4.74 Å². The quantitative estimate of drug-likeness (QED) is 0.721. The Morgan fingerprint density at radius 2 is 1.43 bits per heavy atom. The van der Waals surface area contributed by atoms with Crippen LogP contribution < -0.4 is 0 Å². The summed E-state index contributed by atoms with van der Waals surface area (Å²) in [6, 6.07) is 25.6. The molecule has 3 aromatic carbocycles. The fraction of sp³-hybridized carbons (Fsp3) is 0.0476. The Morgan fingerprint density at radius 3 is 2.22 bits per heavy atom. The van der Waals surface area contributed by atoms with Crippen molar-refractivity contribution in [2.24, 2.45) is 0 Å². The lowest BCUT2D eigenvalue weighted by atomic mass is 9.93. The number of aromatic hydroxyl groups is 1. The Hall–Kier alpha value is -3.00. The molecule has 3 aromatic rings. The van der Waals surface area contributed by atoms with Crippen LogP contribution in [0.2, 0.25) is 0 Å². The van der Waals surface area contributed by atoms with Crippen molar-refractivity contribution in [3.63, 3.8) is 0 Å². The highest BCUT2D eigenvalue weighted by Crippen LogP contribution is 2.39. The van der Waals surface area contributed by atoms with Crippen LogP contribution in [-0.2, 0) is 4.74 Å². The van der Waals surface area contributed by atoms with Crippen LogP contribution in [0.5, 0.6) is 5.75 Å². The monoisotopic (exact) mass is 300 g/mol. The molecule has 23 heavy (non-hydrogen) atoms. The van der Waals surface area contributed by atoms with E-state index in [1.807, 2.05) is 42.5 Å². The minimum atomic E-state index is -0.124. The van der Waals surface area contributed by atoms with Crippen molar-refractivity contribution in [1.29, 1.82) is 0 Å². The zero-order valence-corrected chi connectivity index (χ0v) is 12.5. The normalized spacial score (nSPS) is 16.2. The second-order valence-electron chi connectivity index (χ2n) is 5.59. The van der Waals surface area contributed by atoms with Crippen molar-refractivity contribution in [3.8, 4) is 5.75 Å². The van der Waals surface area contributed by atoms with Crippen LogP contribution in [0.4, 0.5) is 0 Å². The summed E-state index contributed by atoms with van der Waals surface area (Å²) in [7, 11) is 0. The van der Waals surface area contributed by atoms with E-state index >= 15 is 0 Å². The Bertz CT molecular complexity index is 849. The highest BCUT2D eigenvalue weighted by atomic mass is 16.5. The van der Waals surface area contributed by atoms with Crippen molar-refractivity contribution < 1.29 is 9.84 Å². The van der Waals surface area contributed by atoms with Gasteiger partial charge in [-0.1, -0.05) is 54.6 Å². The molecule has 0 fully saturated rings. The maximum absolute atomic E-state index is 9.48. The SMILES string of the molecule is Oc1ccc(C2=Cc3ccccc3[C@H](c3ccccc3)O2)cc1. The van der Waals surface area contributed by atoms with Gasteiger partial charge < -0.3 is 9.84 Å². The van der Waals surface area contributed by atoms with E-state index in [0.717, 1.165) is 22.4 Å². The fourth-order valence-electron chi connectivity index (χ4n) is 2.90. The molecule has 1 aliphatic heterocycles. The molecule has 0 bridgehead atoms. The van der Waals surface area contributed by atoms with Crippen LogP contribution in [0.15, 0.2) is 78.9 Å². The maximum Gasteiger partial charge on any atom is 0.149 e. The van der Waals surface area contributed by atoms with Crippen molar-refractivity contribution in [2.45, 2.75) is 6.10 Å². The summed E-state index contributed by atoms with van der Waals surface area (Å²) < 4.78 is 6.30. The van der Waals surface area contributed by atoms with Crippen molar-refractivity contribution in [1.82, 2.24) is 0 Å². The van der Waals surface area contributed by atoms with Crippen LogP contribution in [0.3, 0.4) is 0 Å². The van der Waals surface area contributed by atoms with Crippen LogP contribution in [0.25, 0.3) is 11.8 Å². The number of phenolic OH excluding ortho intramolecular Hbond substituents is 1. The minimum Gasteiger partial charge on any atom is -0.508 e. The maximum atomic E-state index is 9.48. The molecule has 0 amide bonds. The van der Waals surface area contributed by atoms with Crippen LogP contribution in [0.1, 0.15) is 28.4 Å². The number of hydrogen-bond acceptors (Lipinski definition) is 2. The molecule has 0 saturated carbocycles. The van der Waals surface area contributed by atoms with Gasteiger partial charge in [-0.3, -0.25) is 0 Å². The first kappa shape index (κ1) is 13.6. The number of hydrogen-bond donors (Lipinski definition) is 1. The molecule has 4 rings (SSSR count). The van der Waals surface area contributed by atoms with E-state index in [0.29, 0.717) is 0 Å². The van der Waals surface area contributed by atoms with E-state index < -0.39 is 0 Å². The van der Waals surface area contributed by atoms with Crippen LogP contribution >= 0.6 is 0 Å². The van der Waals surface area contributed by atoms with E-state index in [1.165, 1.54) is 5.56 Å². The van der Waals surface area contributed by atoms with Gasteiger partial charge in [0.2, 0.25) is 0 Å². The molecule has 1 heterocycles. The molecule has 2 heteroatoms. The zero-order chi connectivity index (χ0) is 15.6. The van der Waals surface area contributed by atoms with Crippen molar-refractivity contribution in [3.05, 3.63) is 101 Å². The van der Waals surface area contributed by atoms with E-state index in [1.54, 1.807) is 12.1 Å². The fourth-order valence-corrected chi connectivity index (χ4v) is 2.90. The molecule has 0 aromatic heterocycles. The average molecular weight is 300 g/mol. The van der Waals surface area contributed by atoms with Gasteiger partial charge in [-0.05, 0) is 41.5 Å². The second kappa shape index (κ2) is 5.65. The molecule has 2 nitrogen and oxygen atoms in total. The molecule has 1 aliphatic rings. The summed E-state index contributed by atoms with van der Waals surface area (Å²) in [5.74, 6) is 1.07. The first-order valence-corrected chi connectivity index (χ1v) is 7.63. The molecule has 0 saturated heterocycles. The van der Waals surface area contributed by atoms with E-state index in [-0.39, 0.29) is 11.9 Å². The first-order valence-electron chi connectivity index (χ1n) is 7.63. The summed E-state index contributed by atoms with van der Waals surface area (Å²) in [6.45, 7) is 0. The van der Waals surface area contributed by atoms with Gasteiger partial charge in [0, 0.05) is 11.1 Å². The lowest BCUT2D eigenvalue weighted by Crippen LogP contribution is -2.11. The Morgan fingerprint density at radius 1 is 0.739 bits per heavy atom. The predicted octanol–water partition coefficient (Wildman–Crippen LogP) is 5.01. The van der Waals surface area contributed by atoms with E-state index in [2.05, 4.69) is 30.3 Å². The highest BCUT2D eigenvalue weighted by Gasteiger charge is 2.24. The van der Waals surface area contributed by atoms with Crippen LogP contribution in [-0.4, -0.2) is 5.11 Å². The zero-order valence-electron chi connectivity index (χ0n) is 12.5. The number of fused-ring (bicyclic) bond motifs is 1. The molecule has 0 aliphatic carbocycles. The third-order valence-electron chi connectivity index (χ3n) is 4.06. The molecule has 1 atom stereocenters. The average Bonchev–Trinajstić information content (AvgIpc) is 2.62. The number of benzene rings is 3. The summed E-state index contributed by atoms with van der Waals surface area (Å²) in [5.41, 5.74) is 4.42. The summed E-state index contributed by atoms with van der Waals surface area (Å²) in [5, 5.41) is 9.48. The predicted molar refractivity (Wildman–Crippen MR) is 91.8 cm³/mol. The van der Waals surface area contributed by atoms with Crippen LogP contribution in [0, 0.1) is 0 Å².